The molecular formula is C10H7ClO4S. The van der Waals surface area contributed by atoms with E-state index in [0.717, 1.165) is 0 Å². The zero-order valence-electron chi connectivity index (χ0n) is 7.88. The number of halogens is 1. The standard InChI is InChI=1S/C10H7ClO4S/c11-7-5-4-6-2-1-3-8(16(13,14)15)9(6)10(7)12/h1-5,12H,(H,13,14,15). The summed E-state index contributed by atoms with van der Waals surface area (Å²) in [6.45, 7) is 0. The molecular weight excluding hydrogens is 252 g/mol. The first-order chi connectivity index (χ1) is 7.41. The van der Waals surface area contributed by atoms with E-state index in [1.807, 2.05) is 0 Å². The molecule has 2 aromatic carbocycles. The van der Waals surface area contributed by atoms with Gasteiger partial charge in [0.2, 0.25) is 0 Å². The van der Waals surface area contributed by atoms with Crippen LogP contribution in [0.15, 0.2) is 35.2 Å². The number of phenols is 1. The molecule has 0 amide bonds. The van der Waals surface area contributed by atoms with Gasteiger partial charge in [0.25, 0.3) is 10.1 Å². The van der Waals surface area contributed by atoms with Crippen LogP contribution in [0.2, 0.25) is 5.02 Å². The average molecular weight is 259 g/mol. The topological polar surface area (TPSA) is 74.6 Å². The quantitative estimate of drug-likeness (QED) is 0.771. The third kappa shape index (κ3) is 1.73. The molecule has 0 radical (unpaired) electrons. The van der Waals surface area contributed by atoms with E-state index in [1.54, 1.807) is 12.1 Å². The molecule has 2 aromatic rings. The van der Waals surface area contributed by atoms with Crippen molar-refractivity contribution in [2.45, 2.75) is 4.90 Å². The summed E-state index contributed by atoms with van der Waals surface area (Å²) in [6, 6.07) is 7.30. The maximum atomic E-state index is 11.1. The zero-order valence-corrected chi connectivity index (χ0v) is 9.46. The van der Waals surface area contributed by atoms with Crippen molar-refractivity contribution < 1.29 is 18.1 Å². The molecule has 0 unspecified atom stereocenters. The fraction of sp³-hybridized carbons (Fsp3) is 0. The lowest BCUT2D eigenvalue weighted by Crippen LogP contribution is -1.99. The summed E-state index contributed by atoms with van der Waals surface area (Å²) in [7, 11) is -4.39. The number of rotatable bonds is 1. The van der Waals surface area contributed by atoms with Gasteiger partial charge in [-0.05, 0) is 17.5 Å². The van der Waals surface area contributed by atoms with Gasteiger partial charge in [-0.1, -0.05) is 29.8 Å². The van der Waals surface area contributed by atoms with E-state index >= 15 is 0 Å². The van der Waals surface area contributed by atoms with Gasteiger partial charge in [-0.2, -0.15) is 8.42 Å². The van der Waals surface area contributed by atoms with Gasteiger partial charge in [-0.25, -0.2) is 0 Å². The molecule has 0 bridgehead atoms. The van der Waals surface area contributed by atoms with Crippen LogP contribution in [0.3, 0.4) is 0 Å². The maximum Gasteiger partial charge on any atom is 0.295 e. The first kappa shape index (κ1) is 11.2. The second-order valence-electron chi connectivity index (χ2n) is 3.23. The van der Waals surface area contributed by atoms with Crippen molar-refractivity contribution >= 4 is 32.5 Å². The molecule has 0 spiro atoms. The highest BCUT2D eigenvalue weighted by Crippen LogP contribution is 2.36. The van der Waals surface area contributed by atoms with Crippen molar-refractivity contribution in [1.29, 1.82) is 0 Å². The Kier molecular flexibility index (Phi) is 2.53. The molecule has 0 atom stereocenters. The smallest absolute Gasteiger partial charge is 0.295 e. The fourth-order valence-corrected chi connectivity index (χ4v) is 2.40. The van der Waals surface area contributed by atoms with Gasteiger partial charge >= 0.3 is 0 Å². The molecule has 2 rings (SSSR count). The van der Waals surface area contributed by atoms with E-state index in [-0.39, 0.29) is 21.1 Å². The zero-order chi connectivity index (χ0) is 11.9. The van der Waals surface area contributed by atoms with Crippen molar-refractivity contribution in [2.75, 3.05) is 0 Å². The fourth-order valence-electron chi connectivity index (χ4n) is 1.52. The Bertz CT molecular complexity index is 664. The summed E-state index contributed by atoms with van der Waals surface area (Å²) in [5.74, 6) is -0.354. The first-order valence-corrected chi connectivity index (χ1v) is 6.11. The van der Waals surface area contributed by atoms with Crippen molar-refractivity contribution in [3.8, 4) is 5.75 Å². The Balaban J connectivity index is 3.02. The van der Waals surface area contributed by atoms with Crippen LogP contribution in [-0.2, 0) is 10.1 Å². The molecule has 6 heteroatoms. The Hall–Kier alpha value is -1.30. The molecule has 0 heterocycles. The second-order valence-corrected chi connectivity index (χ2v) is 5.02. The minimum absolute atomic E-state index is 0.0255. The molecule has 84 valence electrons. The van der Waals surface area contributed by atoms with Crippen LogP contribution in [0.25, 0.3) is 10.8 Å². The van der Waals surface area contributed by atoms with Crippen LogP contribution in [-0.4, -0.2) is 18.1 Å². The first-order valence-electron chi connectivity index (χ1n) is 4.29. The minimum Gasteiger partial charge on any atom is -0.506 e. The van der Waals surface area contributed by atoms with Gasteiger partial charge < -0.3 is 5.11 Å². The molecule has 0 aliphatic heterocycles. The van der Waals surface area contributed by atoms with E-state index in [9.17, 15) is 13.5 Å². The summed E-state index contributed by atoms with van der Waals surface area (Å²) in [5, 5.41) is 10.2. The normalized spacial score (nSPS) is 11.9. The van der Waals surface area contributed by atoms with Gasteiger partial charge in [-0.15, -0.1) is 0 Å². The molecule has 4 nitrogen and oxygen atoms in total. The SMILES string of the molecule is O=S(=O)(O)c1cccc2ccc(Cl)c(O)c12. The van der Waals surface area contributed by atoms with Crippen molar-refractivity contribution in [3.63, 3.8) is 0 Å². The molecule has 16 heavy (non-hydrogen) atoms. The lowest BCUT2D eigenvalue weighted by molar-refractivity contribution is 0.474. The highest BCUT2D eigenvalue weighted by molar-refractivity contribution is 7.86. The van der Waals surface area contributed by atoms with E-state index in [0.29, 0.717) is 5.39 Å². The largest absolute Gasteiger partial charge is 0.506 e. The summed E-state index contributed by atoms with van der Waals surface area (Å²) in [4.78, 5) is -0.356. The number of hydrogen-bond acceptors (Lipinski definition) is 3. The van der Waals surface area contributed by atoms with E-state index in [1.165, 1.54) is 18.2 Å². The molecule has 0 saturated carbocycles. The highest BCUT2D eigenvalue weighted by Gasteiger charge is 2.17. The molecule has 0 aromatic heterocycles. The van der Waals surface area contributed by atoms with E-state index < -0.39 is 10.1 Å². The Morgan fingerprint density at radius 1 is 1.12 bits per heavy atom. The molecule has 0 aliphatic rings. The number of hydrogen-bond donors (Lipinski definition) is 2. The Labute approximate surface area is 96.8 Å². The summed E-state index contributed by atoms with van der Waals surface area (Å²) < 4.78 is 31.2. The van der Waals surface area contributed by atoms with Crippen LogP contribution < -0.4 is 0 Å². The van der Waals surface area contributed by atoms with Crippen LogP contribution in [0.4, 0.5) is 0 Å². The van der Waals surface area contributed by atoms with Gasteiger partial charge in [0, 0.05) is 5.39 Å². The Morgan fingerprint density at radius 2 is 1.81 bits per heavy atom. The van der Waals surface area contributed by atoms with E-state index in [4.69, 9.17) is 16.2 Å². The summed E-state index contributed by atoms with van der Waals surface area (Å²) in [6.07, 6.45) is 0. The van der Waals surface area contributed by atoms with E-state index in [2.05, 4.69) is 0 Å². The van der Waals surface area contributed by atoms with Crippen molar-refractivity contribution in [3.05, 3.63) is 35.4 Å². The van der Waals surface area contributed by atoms with Gasteiger partial charge in [0.1, 0.15) is 10.6 Å². The number of fused-ring (bicyclic) bond motifs is 1. The van der Waals surface area contributed by atoms with Crippen LogP contribution in [0.5, 0.6) is 5.75 Å². The summed E-state index contributed by atoms with van der Waals surface area (Å²) in [5.41, 5.74) is 0. The van der Waals surface area contributed by atoms with Gasteiger partial charge in [-0.3, -0.25) is 4.55 Å². The molecule has 0 fully saturated rings. The van der Waals surface area contributed by atoms with Gasteiger partial charge in [0.15, 0.2) is 0 Å². The van der Waals surface area contributed by atoms with Crippen molar-refractivity contribution in [1.82, 2.24) is 0 Å². The average Bonchev–Trinajstić information content (AvgIpc) is 2.21. The predicted molar refractivity (Wildman–Crippen MR) is 60.4 cm³/mol. The second kappa shape index (κ2) is 3.62. The van der Waals surface area contributed by atoms with Crippen LogP contribution in [0.1, 0.15) is 0 Å². The summed E-state index contributed by atoms with van der Waals surface area (Å²) >= 11 is 5.68. The lowest BCUT2D eigenvalue weighted by atomic mass is 10.1. The third-order valence-corrected chi connectivity index (χ3v) is 3.41. The monoisotopic (exact) mass is 258 g/mol. The molecule has 2 N–H and O–H groups in total. The van der Waals surface area contributed by atoms with Crippen LogP contribution >= 0.6 is 11.6 Å². The predicted octanol–water partition coefficient (Wildman–Crippen LogP) is 2.45. The van der Waals surface area contributed by atoms with Crippen molar-refractivity contribution in [2.24, 2.45) is 0 Å². The number of phenolic OH excluding ortho intramolecular Hbond substituents is 1. The molecule has 0 saturated heterocycles. The minimum atomic E-state index is -4.39. The maximum absolute atomic E-state index is 11.1. The number of aromatic hydroxyl groups is 1. The highest BCUT2D eigenvalue weighted by atomic mass is 35.5. The third-order valence-electron chi connectivity index (χ3n) is 2.21. The molecule has 0 aliphatic carbocycles. The Morgan fingerprint density at radius 3 is 2.44 bits per heavy atom. The number of benzene rings is 2. The lowest BCUT2D eigenvalue weighted by Gasteiger charge is -2.06. The van der Waals surface area contributed by atoms with Crippen LogP contribution in [0, 0.1) is 0 Å². The van der Waals surface area contributed by atoms with Gasteiger partial charge in [0.05, 0.1) is 5.02 Å².